The maximum absolute atomic E-state index is 12.9. The van der Waals surface area contributed by atoms with Gasteiger partial charge in [0.2, 0.25) is 0 Å². The van der Waals surface area contributed by atoms with Crippen LogP contribution in [0.25, 0.3) is 5.57 Å². The molecule has 192 valence electrons. The molecule has 0 saturated carbocycles. The molecule has 0 N–H and O–H groups in total. The molecule has 0 unspecified atom stereocenters. The van der Waals surface area contributed by atoms with Gasteiger partial charge in [-0.2, -0.15) is 5.26 Å². The van der Waals surface area contributed by atoms with Crippen molar-refractivity contribution in [3.05, 3.63) is 89.5 Å². The lowest BCUT2D eigenvalue weighted by Gasteiger charge is -2.38. The second-order valence-corrected chi connectivity index (χ2v) is 24.0. The first-order valence-electron chi connectivity index (χ1n) is 12.7. The smallest absolute Gasteiger partial charge is 0.314 e. The lowest BCUT2D eigenvalue weighted by Crippen LogP contribution is -2.52. The highest BCUT2D eigenvalue weighted by Gasteiger charge is 2.39. The van der Waals surface area contributed by atoms with Gasteiger partial charge in [-0.1, -0.05) is 73.2 Å². The van der Waals surface area contributed by atoms with Crippen molar-refractivity contribution in [2.45, 2.75) is 71.1 Å². The summed E-state index contributed by atoms with van der Waals surface area (Å²) in [7, 11) is -5.79. The van der Waals surface area contributed by atoms with Gasteiger partial charge >= 0.3 is 8.56 Å². The van der Waals surface area contributed by atoms with Crippen LogP contribution < -0.4 is 0 Å². The first-order chi connectivity index (χ1) is 16.8. The number of carbonyl (C=O) groups is 1. The first-order valence-corrected chi connectivity index (χ1v) is 22.0. The van der Waals surface area contributed by atoms with Crippen molar-refractivity contribution in [2.75, 3.05) is 0 Å². The van der Waals surface area contributed by atoms with E-state index in [1.165, 1.54) is 0 Å². The molecule has 0 radical (unpaired) electrons. The fourth-order valence-corrected chi connectivity index (χ4v) is 16.9. The third kappa shape index (κ3) is 10.7. The molecule has 2 aromatic carbocycles. The number of rotatable bonds is 13. The number of unbranched alkanes of at least 4 members (excludes halogenated alkanes) is 1. The Hall–Kier alpha value is -2.35. The summed E-state index contributed by atoms with van der Waals surface area (Å²) in [5.41, 5.74) is 3.25. The number of Topliss-reactive ketones (excluding diaryl/α,β-unsaturated/α-hetero) is 1. The van der Waals surface area contributed by atoms with Crippen LogP contribution in [0, 0.1) is 11.3 Å². The normalized spacial score (nSPS) is 12.7. The zero-order chi connectivity index (χ0) is 26.8. The van der Waals surface area contributed by atoms with Gasteiger partial charge in [0, 0.05) is 6.42 Å². The number of nitriles is 1. The van der Waals surface area contributed by atoms with Gasteiger partial charge in [0.15, 0.2) is 22.4 Å². The van der Waals surface area contributed by atoms with E-state index in [0.717, 1.165) is 35.6 Å². The third-order valence-electron chi connectivity index (χ3n) is 5.34. The van der Waals surface area contributed by atoms with Crippen LogP contribution in [0.15, 0.2) is 78.4 Å². The Balaban J connectivity index is 2.10. The summed E-state index contributed by atoms with van der Waals surface area (Å²) in [5.74, 6) is -0.116. The molecule has 0 amide bonds. The van der Waals surface area contributed by atoms with E-state index in [4.69, 9.17) is 8.23 Å². The molecule has 0 heterocycles. The van der Waals surface area contributed by atoms with Crippen LogP contribution in [0.5, 0.6) is 0 Å². The summed E-state index contributed by atoms with van der Waals surface area (Å²) in [6, 6.07) is 23.0. The predicted molar refractivity (Wildman–Crippen MR) is 158 cm³/mol. The van der Waals surface area contributed by atoms with Crippen LogP contribution >= 0.6 is 0 Å². The highest BCUT2D eigenvalue weighted by Crippen LogP contribution is 2.27. The lowest BCUT2D eigenvalue weighted by atomic mass is 9.96. The minimum atomic E-state index is -2.31. The molecule has 0 atom stereocenters. The molecule has 0 bridgehead atoms. The molecule has 0 fully saturated rings. The second-order valence-electron chi connectivity index (χ2n) is 11.2. The Bertz CT molecular complexity index is 1040. The van der Waals surface area contributed by atoms with Gasteiger partial charge in [-0.05, 0) is 81.1 Å². The number of carbonyl (C=O) groups excluding carboxylic acids is 1. The number of ketones is 1. The summed E-state index contributed by atoms with van der Waals surface area (Å²) in [6.45, 7) is 15.4. The highest BCUT2D eigenvalue weighted by atomic mass is 28.5. The molecule has 2 rings (SSSR count). The summed E-state index contributed by atoms with van der Waals surface area (Å²) < 4.78 is 13.1. The number of nitrogens with zero attached hydrogens (tertiary/aromatic N) is 1. The van der Waals surface area contributed by atoms with Crippen LogP contribution in [-0.4, -0.2) is 31.0 Å². The minimum Gasteiger partial charge on any atom is -0.437 e. The van der Waals surface area contributed by atoms with Crippen LogP contribution in [0.2, 0.25) is 51.9 Å². The fraction of sp³-hybridized carbons (Fsp3) is 0.379. The summed E-state index contributed by atoms with van der Waals surface area (Å²) in [4.78, 5) is 12.9. The molecular formula is C29H41NO3Si3. The van der Waals surface area contributed by atoms with Gasteiger partial charge in [0.1, 0.15) is 6.07 Å². The number of benzene rings is 2. The van der Waals surface area contributed by atoms with Crippen molar-refractivity contribution in [1.82, 2.24) is 0 Å². The van der Waals surface area contributed by atoms with Crippen molar-refractivity contribution >= 4 is 36.6 Å². The second kappa shape index (κ2) is 13.3. The van der Waals surface area contributed by atoms with E-state index < -0.39 is 25.2 Å². The Labute approximate surface area is 221 Å². The molecule has 0 aromatic heterocycles. The van der Waals surface area contributed by atoms with Crippen LogP contribution in [-0.2, 0) is 13.0 Å². The molecule has 2 aromatic rings. The average Bonchev–Trinajstić information content (AvgIpc) is 2.78. The molecule has 0 aliphatic heterocycles. The van der Waals surface area contributed by atoms with Gasteiger partial charge in [0.05, 0.1) is 5.57 Å². The van der Waals surface area contributed by atoms with Crippen molar-refractivity contribution in [1.29, 1.82) is 5.26 Å². The number of hydrogen-bond donors (Lipinski definition) is 0. The van der Waals surface area contributed by atoms with Crippen molar-refractivity contribution in [3.63, 3.8) is 0 Å². The van der Waals surface area contributed by atoms with E-state index in [2.05, 4.69) is 51.9 Å². The molecule has 7 heteroatoms. The minimum absolute atomic E-state index is 0.116. The van der Waals surface area contributed by atoms with Crippen LogP contribution in [0.4, 0.5) is 0 Å². The van der Waals surface area contributed by atoms with E-state index >= 15 is 0 Å². The van der Waals surface area contributed by atoms with Crippen molar-refractivity contribution in [2.24, 2.45) is 0 Å². The number of allylic oxidation sites excluding steroid dienone is 3. The molecular weight excluding hydrogens is 495 g/mol. The third-order valence-corrected chi connectivity index (χ3v) is 15.0. The van der Waals surface area contributed by atoms with Gasteiger partial charge in [-0.25, -0.2) is 0 Å². The van der Waals surface area contributed by atoms with Crippen molar-refractivity contribution in [3.8, 4) is 6.07 Å². The maximum atomic E-state index is 12.9. The SMILES string of the molecule is C[Si](C)(C)O[Si](C)(CCCCC(=O)C(C#N)=CC=C(c1ccccc1)c1ccccc1)O[Si](C)(C)C. The average molecular weight is 536 g/mol. The fourth-order valence-electron chi connectivity index (χ4n) is 4.24. The summed E-state index contributed by atoms with van der Waals surface area (Å²) in [5, 5.41) is 9.70. The van der Waals surface area contributed by atoms with E-state index in [9.17, 15) is 10.1 Å². The van der Waals surface area contributed by atoms with E-state index in [1.54, 1.807) is 6.08 Å². The molecule has 0 aliphatic rings. The van der Waals surface area contributed by atoms with E-state index in [1.807, 2.05) is 66.7 Å². The lowest BCUT2D eigenvalue weighted by molar-refractivity contribution is -0.115. The Kier molecular flexibility index (Phi) is 11.0. The molecule has 4 nitrogen and oxygen atoms in total. The van der Waals surface area contributed by atoms with Crippen LogP contribution in [0.3, 0.4) is 0 Å². The molecule has 36 heavy (non-hydrogen) atoms. The largest absolute Gasteiger partial charge is 0.437 e. The van der Waals surface area contributed by atoms with E-state index in [0.29, 0.717) is 6.42 Å². The van der Waals surface area contributed by atoms with E-state index in [-0.39, 0.29) is 11.4 Å². The summed E-state index contributed by atoms with van der Waals surface area (Å²) >= 11 is 0. The molecule has 0 saturated heterocycles. The monoisotopic (exact) mass is 535 g/mol. The Morgan fingerprint density at radius 3 is 1.67 bits per heavy atom. The summed E-state index contributed by atoms with van der Waals surface area (Å²) in [6.07, 6.45) is 5.48. The molecule has 0 aliphatic carbocycles. The molecule has 0 spiro atoms. The number of hydrogen-bond acceptors (Lipinski definition) is 4. The van der Waals surface area contributed by atoms with Gasteiger partial charge < -0.3 is 8.23 Å². The Morgan fingerprint density at radius 2 is 1.25 bits per heavy atom. The predicted octanol–water partition coefficient (Wildman–Crippen LogP) is 8.08. The maximum Gasteiger partial charge on any atom is 0.314 e. The van der Waals surface area contributed by atoms with Crippen molar-refractivity contribution < 1.29 is 13.0 Å². The van der Waals surface area contributed by atoms with Crippen LogP contribution in [0.1, 0.15) is 30.4 Å². The zero-order valence-corrected chi connectivity index (χ0v) is 25.9. The Morgan fingerprint density at radius 1 is 0.778 bits per heavy atom. The van der Waals surface area contributed by atoms with Gasteiger partial charge in [-0.15, -0.1) is 0 Å². The van der Waals surface area contributed by atoms with Gasteiger partial charge in [0.25, 0.3) is 0 Å². The quantitative estimate of drug-likeness (QED) is 0.0855. The zero-order valence-electron chi connectivity index (χ0n) is 22.9. The highest BCUT2D eigenvalue weighted by molar-refractivity contribution is 6.87. The standard InChI is InChI=1S/C29H41NO3Si3/c1-34(2,3)32-36(7,33-35(4,5)6)23-15-14-20-29(31)27(24-30)21-22-28(25-16-10-8-11-17-25)26-18-12-9-13-19-26/h8-13,16-19,21-22H,14-15,20,23H2,1-7H3. The van der Waals surface area contributed by atoms with Gasteiger partial charge in [-0.3, -0.25) is 4.79 Å². The topological polar surface area (TPSA) is 59.3 Å². The first kappa shape index (κ1) is 29.9.